The molecule has 1 saturated heterocycles. The minimum Gasteiger partial charge on any atom is -0.343 e. The Kier molecular flexibility index (Phi) is 5.27. The largest absolute Gasteiger partial charge is 0.343 e. The molecule has 3 rings (SSSR count). The van der Waals surface area contributed by atoms with E-state index < -0.39 is 0 Å². The summed E-state index contributed by atoms with van der Waals surface area (Å²) in [5.74, 6) is 0. The van der Waals surface area contributed by atoms with Crippen LogP contribution in [-0.4, -0.2) is 70.8 Å². The summed E-state index contributed by atoms with van der Waals surface area (Å²) in [5.41, 5.74) is 1.49. The third kappa shape index (κ3) is 4.01. The molecule has 0 N–H and O–H groups in total. The SMILES string of the molecule is C=C(c1ccc(=O)n(CCN2CCN(C)CC2)n1)N1C=CC=CC1. The fraction of sp³-hybridized carbons (Fsp3) is 0.444. The Hall–Kier alpha value is -2.18. The molecule has 0 bridgehead atoms. The van der Waals surface area contributed by atoms with Crippen molar-refractivity contribution >= 4 is 5.70 Å². The summed E-state index contributed by atoms with van der Waals surface area (Å²) >= 11 is 0. The van der Waals surface area contributed by atoms with Crippen LogP contribution in [0.2, 0.25) is 0 Å². The lowest BCUT2D eigenvalue weighted by molar-refractivity contribution is 0.148. The molecular weight excluding hydrogens is 302 g/mol. The van der Waals surface area contributed by atoms with Crippen LogP contribution in [0, 0.1) is 0 Å². The predicted molar refractivity (Wildman–Crippen MR) is 96.5 cm³/mol. The van der Waals surface area contributed by atoms with E-state index in [4.69, 9.17) is 0 Å². The van der Waals surface area contributed by atoms with E-state index in [1.807, 2.05) is 23.3 Å². The highest BCUT2D eigenvalue weighted by atomic mass is 16.1. The van der Waals surface area contributed by atoms with E-state index in [0.29, 0.717) is 6.54 Å². The molecule has 24 heavy (non-hydrogen) atoms. The smallest absolute Gasteiger partial charge is 0.266 e. The second kappa shape index (κ2) is 7.59. The van der Waals surface area contributed by atoms with Gasteiger partial charge >= 0.3 is 0 Å². The first-order chi connectivity index (χ1) is 11.6. The number of rotatable bonds is 5. The van der Waals surface area contributed by atoms with Crippen LogP contribution < -0.4 is 5.56 Å². The second-order valence-electron chi connectivity index (χ2n) is 6.29. The number of hydrogen-bond donors (Lipinski definition) is 0. The number of hydrogen-bond acceptors (Lipinski definition) is 5. The van der Waals surface area contributed by atoms with Gasteiger partial charge in [0.05, 0.1) is 12.2 Å². The highest BCUT2D eigenvalue weighted by Gasteiger charge is 2.14. The lowest BCUT2D eigenvalue weighted by Crippen LogP contribution is -2.46. The molecule has 6 heteroatoms. The molecule has 0 aromatic carbocycles. The molecule has 6 nitrogen and oxygen atoms in total. The predicted octanol–water partition coefficient (Wildman–Crippen LogP) is 0.847. The summed E-state index contributed by atoms with van der Waals surface area (Å²) in [6, 6.07) is 3.34. The number of aromatic nitrogens is 2. The lowest BCUT2D eigenvalue weighted by atomic mass is 10.2. The molecule has 2 aliphatic heterocycles. The second-order valence-corrected chi connectivity index (χ2v) is 6.29. The Morgan fingerprint density at radius 2 is 1.96 bits per heavy atom. The van der Waals surface area contributed by atoms with Crippen molar-refractivity contribution in [1.29, 1.82) is 0 Å². The van der Waals surface area contributed by atoms with Gasteiger partial charge in [0.15, 0.2) is 0 Å². The van der Waals surface area contributed by atoms with Gasteiger partial charge in [0.2, 0.25) is 0 Å². The van der Waals surface area contributed by atoms with Gasteiger partial charge in [-0.25, -0.2) is 4.68 Å². The first-order valence-corrected chi connectivity index (χ1v) is 8.42. The fourth-order valence-corrected chi connectivity index (χ4v) is 2.89. The number of allylic oxidation sites excluding steroid dienone is 2. The Balaban J connectivity index is 1.65. The van der Waals surface area contributed by atoms with Gasteiger partial charge in [-0.15, -0.1) is 0 Å². The van der Waals surface area contributed by atoms with Gasteiger partial charge in [-0.1, -0.05) is 18.7 Å². The molecule has 0 spiro atoms. The first kappa shape index (κ1) is 16.7. The molecule has 1 aromatic heterocycles. The number of likely N-dealkylation sites (N-methyl/N-ethyl adjacent to an activating group) is 1. The Morgan fingerprint density at radius 3 is 2.67 bits per heavy atom. The highest BCUT2D eigenvalue weighted by molar-refractivity contribution is 5.59. The fourth-order valence-electron chi connectivity index (χ4n) is 2.89. The maximum atomic E-state index is 12.1. The van der Waals surface area contributed by atoms with E-state index in [1.165, 1.54) is 0 Å². The highest BCUT2D eigenvalue weighted by Crippen LogP contribution is 2.16. The molecule has 0 saturated carbocycles. The maximum absolute atomic E-state index is 12.1. The van der Waals surface area contributed by atoms with Crippen LogP contribution >= 0.6 is 0 Å². The van der Waals surface area contributed by atoms with E-state index in [-0.39, 0.29) is 5.56 Å². The summed E-state index contributed by atoms with van der Waals surface area (Å²) in [6.07, 6.45) is 8.02. The van der Waals surface area contributed by atoms with Crippen molar-refractivity contribution in [2.45, 2.75) is 6.54 Å². The zero-order valence-corrected chi connectivity index (χ0v) is 14.3. The summed E-state index contributed by atoms with van der Waals surface area (Å²) in [5, 5.41) is 4.51. The van der Waals surface area contributed by atoms with Crippen molar-refractivity contribution in [3.05, 3.63) is 59.2 Å². The van der Waals surface area contributed by atoms with Crippen molar-refractivity contribution in [2.24, 2.45) is 0 Å². The van der Waals surface area contributed by atoms with Crippen LogP contribution in [0.3, 0.4) is 0 Å². The molecule has 1 fully saturated rings. The molecule has 2 aliphatic rings. The summed E-state index contributed by atoms with van der Waals surface area (Å²) in [6.45, 7) is 10.6. The molecule has 1 aromatic rings. The number of nitrogens with zero attached hydrogens (tertiary/aromatic N) is 5. The Bertz CT molecular complexity index is 698. The van der Waals surface area contributed by atoms with E-state index in [0.717, 1.165) is 50.7 Å². The van der Waals surface area contributed by atoms with E-state index >= 15 is 0 Å². The minimum atomic E-state index is -0.0604. The molecule has 0 unspecified atom stereocenters. The van der Waals surface area contributed by atoms with Crippen molar-refractivity contribution in [2.75, 3.05) is 46.3 Å². The van der Waals surface area contributed by atoms with Crippen molar-refractivity contribution in [3.8, 4) is 0 Å². The van der Waals surface area contributed by atoms with Crippen LogP contribution in [-0.2, 0) is 6.54 Å². The van der Waals surface area contributed by atoms with Gasteiger partial charge < -0.3 is 9.80 Å². The van der Waals surface area contributed by atoms with Crippen molar-refractivity contribution in [3.63, 3.8) is 0 Å². The standard InChI is InChI=1S/C18H25N5O/c1-16(22-8-4-3-5-9-22)17-6-7-18(24)23(19-17)15-14-21-12-10-20(2)11-13-21/h3-8H,1,9-15H2,2H3. The van der Waals surface area contributed by atoms with Gasteiger partial charge in [0, 0.05) is 51.5 Å². The van der Waals surface area contributed by atoms with Gasteiger partial charge in [0.1, 0.15) is 5.69 Å². The van der Waals surface area contributed by atoms with Crippen LogP contribution in [0.1, 0.15) is 5.69 Å². The summed E-state index contributed by atoms with van der Waals surface area (Å²) in [4.78, 5) is 18.8. The third-order valence-electron chi connectivity index (χ3n) is 4.55. The zero-order chi connectivity index (χ0) is 16.9. The van der Waals surface area contributed by atoms with Crippen LogP contribution in [0.25, 0.3) is 5.70 Å². The van der Waals surface area contributed by atoms with Crippen LogP contribution in [0.5, 0.6) is 0 Å². The normalized spacial score (nSPS) is 19.0. The zero-order valence-electron chi connectivity index (χ0n) is 14.3. The van der Waals surface area contributed by atoms with Gasteiger partial charge in [-0.05, 0) is 19.2 Å². The van der Waals surface area contributed by atoms with Gasteiger partial charge in [0.25, 0.3) is 5.56 Å². The Morgan fingerprint density at radius 1 is 1.17 bits per heavy atom. The molecule has 0 aliphatic carbocycles. The average Bonchev–Trinajstić information content (AvgIpc) is 2.62. The first-order valence-electron chi connectivity index (χ1n) is 8.42. The molecule has 0 radical (unpaired) electrons. The maximum Gasteiger partial charge on any atom is 0.266 e. The molecule has 128 valence electrons. The third-order valence-corrected chi connectivity index (χ3v) is 4.55. The monoisotopic (exact) mass is 327 g/mol. The average molecular weight is 327 g/mol. The van der Waals surface area contributed by atoms with Crippen molar-refractivity contribution < 1.29 is 0 Å². The summed E-state index contributed by atoms with van der Waals surface area (Å²) in [7, 11) is 2.14. The van der Waals surface area contributed by atoms with Crippen LogP contribution in [0.4, 0.5) is 0 Å². The van der Waals surface area contributed by atoms with E-state index in [2.05, 4.69) is 34.6 Å². The topological polar surface area (TPSA) is 44.6 Å². The van der Waals surface area contributed by atoms with Crippen LogP contribution in [0.15, 0.2) is 47.9 Å². The van der Waals surface area contributed by atoms with Crippen molar-refractivity contribution in [1.82, 2.24) is 24.5 Å². The number of piperazine rings is 1. The molecule has 0 amide bonds. The van der Waals surface area contributed by atoms with Gasteiger partial charge in [-0.2, -0.15) is 5.10 Å². The summed E-state index contributed by atoms with van der Waals surface area (Å²) < 4.78 is 1.56. The quantitative estimate of drug-likeness (QED) is 0.802. The lowest BCUT2D eigenvalue weighted by Gasteiger charge is -2.32. The van der Waals surface area contributed by atoms with E-state index in [9.17, 15) is 4.79 Å². The molecular formula is C18H25N5O. The molecule has 0 atom stereocenters. The van der Waals surface area contributed by atoms with Gasteiger partial charge in [-0.3, -0.25) is 9.69 Å². The minimum absolute atomic E-state index is 0.0604. The van der Waals surface area contributed by atoms with E-state index in [1.54, 1.807) is 16.8 Å². The Labute approximate surface area is 143 Å². The molecule has 3 heterocycles.